The zero-order valence-corrected chi connectivity index (χ0v) is 8.74. The van der Waals surface area contributed by atoms with Gasteiger partial charge in [0.1, 0.15) is 5.82 Å². The van der Waals surface area contributed by atoms with Crippen molar-refractivity contribution in [1.29, 1.82) is 5.26 Å². The fraction of sp³-hybridized carbons (Fsp3) is 0.167. The minimum absolute atomic E-state index is 0.00569. The second kappa shape index (κ2) is 5.66. The van der Waals surface area contributed by atoms with Gasteiger partial charge in [0.05, 0.1) is 19.6 Å². The summed E-state index contributed by atoms with van der Waals surface area (Å²) in [5, 5.41) is 8.48. The van der Waals surface area contributed by atoms with Crippen LogP contribution in [0.3, 0.4) is 0 Å². The van der Waals surface area contributed by atoms with Gasteiger partial charge < -0.3 is 4.74 Å². The molecule has 1 aromatic carbocycles. The summed E-state index contributed by atoms with van der Waals surface area (Å²) in [7, 11) is 1.28. The van der Waals surface area contributed by atoms with Gasteiger partial charge in [-0.2, -0.15) is 5.26 Å². The first-order valence-corrected chi connectivity index (χ1v) is 4.58. The van der Waals surface area contributed by atoms with Gasteiger partial charge in [0.2, 0.25) is 0 Å². The summed E-state index contributed by atoms with van der Waals surface area (Å²) in [6, 6.07) is 6.19. The molecule has 0 aliphatic heterocycles. The molecule has 4 heteroatoms. The number of esters is 1. The third-order valence-electron chi connectivity index (χ3n) is 1.95. The van der Waals surface area contributed by atoms with E-state index in [1.165, 1.54) is 37.5 Å². The summed E-state index contributed by atoms with van der Waals surface area (Å²) in [4.78, 5) is 10.8. The van der Waals surface area contributed by atoms with Crippen LogP contribution in [0.1, 0.15) is 11.1 Å². The lowest BCUT2D eigenvalue weighted by atomic mass is 10.1. The minimum Gasteiger partial charge on any atom is -0.466 e. The van der Waals surface area contributed by atoms with Crippen LogP contribution in [0, 0.1) is 17.1 Å². The molecule has 0 saturated heterocycles. The predicted molar refractivity (Wildman–Crippen MR) is 56.8 cm³/mol. The molecule has 0 amide bonds. The standard InChI is InChI=1S/C12H10FNO2/c1-16-12(15)5-3-9-2-4-11(13)10(8-9)6-7-14/h2-5,8H,6H2,1H3. The first kappa shape index (κ1) is 11.9. The van der Waals surface area contributed by atoms with E-state index in [9.17, 15) is 9.18 Å². The number of ether oxygens (including phenoxy) is 1. The van der Waals surface area contributed by atoms with Crippen molar-refractivity contribution < 1.29 is 13.9 Å². The van der Waals surface area contributed by atoms with Crippen LogP contribution in [-0.2, 0) is 16.0 Å². The van der Waals surface area contributed by atoms with Gasteiger partial charge in [-0.3, -0.25) is 0 Å². The van der Waals surface area contributed by atoms with E-state index in [2.05, 4.69) is 4.74 Å². The molecule has 0 unspecified atom stereocenters. The van der Waals surface area contributed by atoms with Gasteiger partial charge in [-0.05, 0) is 23.8 Å². The van der Waals surface area contributed by atoms with E-state index in [-0.39, 0.29) is 6.42 Å². The molecular formula is C12H10FNO2. The van der Waals surface area contributed by atoms with E-state index in [1.807, 2.05) is 6.07 Å². The van der Waals surface area contributed by atoms with Gasteiger partial charge in [0, 0.05) is 11.6 Å². The first-order valence-electron chi connectivity index (χ1n) is 4.58. The van der Waals surface area contributed by atoms with Crippen molar-refractivity contribution in [3.63, 3.8) is 0 Å². The molecule has 82 valence electrons. The number of halogens is 1. The maximum atomic E-state index is 13.2. The number of benzene rings is 1. The molecule has 0 aliphatic rings. The molecule has 3 nitrogen and oxygen atoms in total. The second-order valence-electron chi connectivity index (χ2n) is 3.04. The largest absolute Gasteiger partial charge is 0.466 e. The number of nitrogens with zero attached hydrogens (tertiary/aromatic N) is 1. The molecule has 0 bridgehead atoms. The number of hydrogen-bond donors (Lipinski definition) is 0. The maximum Gasteiger partial charge on any atom is 0.330 e. The summed E-state index contributed by atoms with van der Waals surface area (Å²) >= 11 is 0. The molecule has 0 aromatic heterocycles. The first-order chi connectivity index (χ1) is 7.67. The third kappa shape index (κ3) is 3.21. The maximum absolute atomic E-state index is 13.2. The van der Waals surface area contributed by atoms with Gasteiger partial charge in [0.25, 0.3) is 0 Å². The van der Waals surface area contributed by atoms with E-state index in [0.717, 1.165) is 0 Å². The molecule has 0 atom stereocenters. The summed E-state index contributed by atoms with van der Waals surface area (Å²) in [6.45, 7) is 0. The minimum atomic E-state index is -0.480. The van der Waals surface area contributed by atoms with E-state index in [1.54, 1.807) is 0 Å². The summed E-state index contributed by atoms with van der Waals surface area (Å²) in [6.07, 6.45) is 2.75. The molecule has 0 spiro atoms. The van der Waals surface area contributed by atoms with Crippen molar-refractivity contribution >= 4 is 12.0 Å². The van der Waals surface area contributed by atoms with Crippen molar-refractivity contribution in [2.75, 3.05) is 7.11 Å². The zero-order chi connectivity index (χ0) is 12.0. The molecule has 0 fully saturated rings. The lowest BCUT2D eigenvalue weighted by molar-refractivity contribution is -0.134. The van der Waals surface area contributed by atoms with Gasteiger partial charge >= 0.3 is 5.97 Å². The number of carbonyl (C=O) groups is 1. The van der Waals surface area contributed by atoms with Gasteiger partial charge in [-0.15, -0.1) is 0 Å². The van der Waals surface area contributed by atoms with Crippen LogP contribution in [0.5, 0.6) is 0 Å². The summed E-state index contributed by atoms with van der Waals surface area (Å²) < 4.78 is 17.6. The Hall–Kier alpha value is -2.15. The number of hydrogen-bond acceptors (Lipinski definition) is 3. The van der Waals surface area contributed by atoms with Crippen molar-refractivity contribution in [2.24, 2.45) is 0 Å². The van der Waals surface area contributed by atoms with E-state index < -0.39 is 11.8 Å². The SMILES string of the molecule is COC(=O)C=Cc1ccc(F)c(CC#N)c1. The Morgan fingerprint density at radius 1 is 1.62 bits per heavy atom. The number of nitriles is 1. The lowest BCUT2D eigenvalue weighted by Crippen LogP contribution is -1.94. The van der Waals surface area contributed by atoms with Crippen molar-refractivity contribution in [3.05, 3.63) is 41.2 Å². The van der Waals surface area contributed by atoms with Crippen LogP contribution < -0.4 is 0 Å². The van der Waals surface area contributed by atoms with E-state index in [4.69, 9.17) is 5.26 Å². The van der Waals surface area contributed by atoms with Crippen LogP contribution in [0.25, 0.3) is 6.08 Å². The Morgan fingerprint density at radius 3 is 3.00 bits per heavy atom. The molecule has 0 saturated carbocycles. The summed E-state index contributed by atoms with van der Waals surface area (Å²) in [5.41, 5.74) is 0.964. The highest BCUT2D eigenvalue weighted by atomic mass is 19.1. The van der Waals surface area contributed by atoms with Crippen LogP contribution in [0.15, 0.2) is 24.3 Å². The fourth-order valence-corrected chi connectivity index (χ4v) is 1.15. The second-order valence-corrected chi connectivity index (χ2v) is 3.04. The highest BCUT2D eigenvalue weighted by Gasteiger charge is 2.02. The predicted octanol–water partition coefficient (Wildman–Crippen LogP) is 2.08. The van der Waals surface area contributed by atoms with Crippen LogP contribution in [-0.4, -0.2) is 13.1 Å². The quantitative estimate of drug-likeness (QED) is 0.577. The van der Waals surface area contributed by atoms with E-state index >= 15 is 0 Å². The Bertz CT molecular complexity index is 461. The van der Waals surface area contributed by atoms with Crippen LogP contribution in [0.2, 0.25) is 0 Å². The molecule has 0 N–H and O–H groups in total. The zero-order valence-electron chi connectivity index (χ0n) is 8.74. The number of carbonyl (C=O) groups excluding carboxylic acids is 1. The normalized spacial score (nSPS) is 10.1. The topological polar surface area (TPSA) is 50.1 Å². The average molecular weight is 219 g/mol. The Kier molecular flexibility index (Phi) is 4.22. The molecule has 1 rings (SSSR count). The van der Waals surface area contributed by atoms with Crippen molar-refractivity contribution in [1.82, 2.24) is 0 Å². The molecule has 16 heavy (non-hydrogen) atoms. The third-order valence-corrected chi connectivity index (χ3v) is 1.95. The van der Waals surface area contributed by atoms with Gasteiger partial charge in [-0.25, -0.2) is 9.18 Å². The van der Waals surface area contributed by atoms with Crippen LogP contribution >= 0.6 is 0 Å². The fourth-order valence-electron chi connectivity index (χ4n) is 1.15. The number of methoxy groups -OCH3 is 1. The number of rotatable bonds is 3. The summed E-state index contributed by atoms with van der Waals surface area (Å²) in [5.74, 6) is -0.900. The highest BCUT2D eigenvalue weighted by Crippen LogP contribution is 2.12. The molecule has 0 radical (unpaired) electrons. The lowest BCUT2D eigenvalue weighted by Gasteiger charge is -1.99. The molecule has 0 heterocycles. The van der Waals surface area contributed by atoms with Crippen molar-refractivity contribution in [2.45, 2.75) is 6.42 Å². The van der Waals surface area contributed by atoms with Crippen molar-refractivity contribution in [3.8, 4) is 6.07 Å². The van der Waals surface area contributed by atoms with E-state index in [0.29, 0.717) is 11.1 Å². The monoisotopic (exact) mass is 219 g/mol. The van der Waals surface area contributed by atoms with Crippen LogP contribution in [0.4, 0.5) is 4.39 Å². The average Bonchev–Trinajstić information content (AvgIpc) is 2.30. The molecular weight excluding hydrogens is 209 g/mol. The highest BCUT2D eigenvalue weighted by molar-refractivity contribution is 5.86. The van der Waals surface area contributed by atoms with Gasteiger partial charge in [0.15, 0.2) is 0 Å². The Balaban J connectivity index is 2.91. The van der Waals surface area contributed by atoms with Gasteiger partial charge in [-0.1, -0.05) is 6.07 Å². The Morgan fingerprint density at radius 2 is 2.38 bits per heavy atom. The molecule has 0 aliphatic carbocycles. The smallest absolute Gasteiger partial charge is 0.330 e. The Labute approximate surface area is 92.8 Å². The molecule has 1 aromatic rings.